The summed E-state index contributed by atoms with van der Waals surface area (Å²) in [6, 6.07) is 23.7. The lowest BCUT2D eigenvalue weighted by Gasteiger charge is -2.11. The molecule has 0 saturated carbocycles. The van der Waals surface area contributed by atoms with E-state index in [2.05, 4.69) is 96.5 Å². The molecular formula is C20H17Br. The van der Waals surface area contributed by atoms with Crippen LogP contribution >= 0.6 is 15.9 Å². The van der Waals surface area contributed by atoms with Gasteiger partial charge in [-0.2, -0.15) is 0 Å². The third-order valence-electron chi connectivity index (χ3n) is 3.81. The van der Waals surface area contributed by atoms with E-state index in [1.165, 1.54) is 33.4 Å². The highest BCUT2D eigenvalue weighted by atomic mass is 79.9. The van der Waals surface area contributed by atoms with Gasteiger partial charge < -0.3 is 0 Å². The van der Waals surface area contributed by atoms with Gasteiger partial charge in [0.05, 0.1) is 0 Å². The molecule has 0 aliphatic rings. The molecule has 0 amide bonds. The van der Waals surface area contributed by atoms with E-state index in [9.17, 15) is 0 Å². The molecular weight excluding hydrogens is 320 g/mol. The number of hydrogen-bond acceptors (Lipinski definition) is 0. The van der Waals surface area contributed by atoms with Crippen LogP contribution in [0.1, 0.15) is 11.1 Å². The minimum atomic E-state index is 1.11. The van der Waals surface area contributed by atoms with Gasteiger partial charge in [-0.25, -0.2) is 0 Å². The molecule has 0 aliphatic heterocycles. The molecule has 3 aromatic rings. The predicted octanol–water partition coefficient (Wildman–Crippen LogP) is 6.40. The maximum atomic E-state index is 3.66. The molecule has 0 radical (unpaired) electrons. The fraction of sp³-hybridized carbons (Fsp3) is 0.100. The van der Waals surface area contributed by atoms with Crippen molar-refractivity contribution in [3.8, 4) is 22.3 Å². The third-order valence-corrected chi connectivity index (χ3v) is 4.27. The van der Waals surface area contributed by atoms with E-state index in [1.807, 2.05) is 0 Å². The van der Waals surface area contributed by atoms with E-state index in [0.29, 0.717) is 0 Å². The number of rotatable bonds is 2. The summed E-state index contributed by atoms with van der Waals surface area (Å²) in [7, 11) is 0. The van der Waals surface area contributed by atoms with Crippen LogP contribution < -0.4 is 0 Å². The maximum Gasteiger partial charge on any atom is 0.0187 e. The molecule has 0 bridgehead atoms. The zero-order valence-electron chi connectivity index (χ0n) is 12.2. The van der Waals surface area contributed by atoms with Gasteiger partial charge in [-0.3, -0.25) is 0 Å². The van der Waals surface area contributed by atoms with Crippen LogP contribution in [0, 0.1) is 13.8 Å². The molecule has 0 spiro atoms. The summed E-state index contributed by atoms with van der Waals surface area (Å²) in [5.41, 5.74) is 7.67. The Morgan fingerprint density at radius 2 is 1.05 bits per heavy atom. The average molecular weight is 337 g/mol. The van der Waals surface area contributed by atoms with Crippen LogP contribution in [-0.4, -0.2) is 0 Å². The molecule has 1 heteroatoms. The van der Waals surface area contributed by atoms with Crippen molar-refractivity contribution < 1.29 is 0 Å². The van der Waals surface area contributed by atoms with Gasteiger partial charge in [-0.15, -0.1) is 0 Å². The minimum Gasteiger partial charge on any atom is -0.0620 e. The van der Waals surface area contributed by atoms with Crippen LogP contribution in [0.3, 0.4) is 0 Å². The van der Waals surface area contributed by atoms with Crippen molar-refractivity contribution in [1.29, 1.82) is 0 Å². The van der Waals surface area contributed by atoms with E-state index >= 15 is 0 Å². The number of aryl methyl sites for hydroxylation is 2. The summed E-state index contributed by atoms with van der Waals surface area (Å²) in [6.45, 7) is 4.31. The molecule has 0 atom stereocenters. The van der Waals surface area contributed by atoms with Gasteiger partial charge in [-0.1, -0.05) is 64.5 Å². The second-order valence-electron chi connectivity index (χ2n) is 5.36. The minimum absolute atomic E-state index is 1.11. The molecule has 104 valence electrons. The monoisotopic (exact) mass is 336 g/mol. The van der Waals surface area contributed by atoms with Crippen molar-refractivity contribution in [3.63, 3.8) is 0 Å². The highest BCUT2D eigenvalue weighted by Gasteiger charge is 2.07. The second kappa shape index (κ2) is 5.87. The summed E-state index contributed by atoms with van der Waals surface area (Å²) in [4.78, 5) is 0. The van der Waals surface area contributed by atoms with Gasteiger partial charge in [0.25, 0.3) is 0 Å². The van der Waals surface area contributed by atoms with Crippen LogP contribution in [-0.2, 0) is 0 Å². The van der Waals surface area contributed by atoms with Gasteiger partial charge >= 0.3 is 0 Å². The van der Waals surface area contributed by atoms with Crippen LogP contribution in [0.2, 0.25) is 0 Å². The fourth-order valence-corrected chi connectivity index (χ4v) is 3.19. The first-order chi connectivity index (χ1) is 10.1. The molecule has 0 nitrogen and oxygen atoms in total. The molecule has 3 aromatic carbocycles. The smallest absolute Gasteiger partial charge is 0.0187 e. The van der Waals surface area contributed by atoms with Crippen molar-refractivity contribution in [2.24, 2.45) is 0 Å². The quantitative estimate of drug-likeness (QED) is 0.507. The number of hydrogen-bond donors (Lipinski definition) is 0. The van der Waals surface area contributed by atoms with Gasteiger partial charge in [0, 0.05) is 4.47 Å². The lowest BCUT2D eigenvalue weighted by Crippen LogP contribution is -1.87. The van der Waals surface area contributed by atoms with E-state index in [4.69, 9.17) is 0 Å². The first-order valence-corrected chi connectivity index (χ1v) is 7.87. The Hall–Kier alpha value is -1.86. The van der Waals surface area contributed by atoms with Crippen molar-refractivity contribution >= 4 is 15.9 Å². The zero-order valence-corrected chi connectivity index (χ0v) is 13.8. The molecule has 0 saturated heterocycles. The third kappa shape index (κ3) is 2.93. The Bertz CT molecular complexity index is 724. The van der Waals surface area contributed by atoms with Crippen molar-refractivity contribution in [1.82, 2.24) is 0 Å². The van der Waals surface area contributed by atoms with Crippen molar-refractivity contribution in [3.05, 3.63) is 82.3 Å². The summed E-state index contributed by atoms with van der Waals surface area (Å²) in [5, 5.41) is 0. The van der Waals surface area contributed by atoms with Gasteiger partial charge in [-0.05, 0) is 65.4 Å². The molecule has 3 rings (SSSR count). The molecule has 0 fully saturated rings. The first-order valence-electron chi connectivity index (χ1n) is 7.08. The standard InChI is InChI=1S/C20H17Br/c1-14-7-3-5-9-19(14)16-11-17(13-18(21)12-16)20-10-6-4-8-15(20)2/h3-13H,1-2H3. The fourth-order valence-electron chi connectivity index (χ4n) is 2.69. The number of benzene rings is 3. The molecule has 0 unspecified atom stereocenters. The average Bonchev–Trinajstić information content (AvgIpc) is 2.47. The lowest BCUT2D eigenvalue weighted by atomic mass is 9.95. The summed E-state index contributed by atoms with van der Waals surface area (Å²) in [6.07, 6.45) is 0. The summed E-state index contributed by atoms with van der Waals surface area (Å²) in [5.74, 6) is 0. The summed E-state index contributed by atoms with van der Waals surface area (Å²) >= 11 is 3.66. The topological polar surface area (TPSA) is 0 Å². The van der Waals surface area contributed by atoms with E-state index in [-0.39, 0.29) is 0 Å². The van der Waals surface area contributed by atoms with E-state index in [1.54, 1.807) is 0 Å². The Kier molecular flexibility index (Phi) is 3.94. The van der Waals surface area contributed by atoms with Gasteiger partial charge in [0.2, 0.25) is 0 Å². The lowest BCUT2D eigenvalue weighted by molar-refractivity contribution is 1.43. The highest BCUT2D eigenvalue weighted by molar-refractivity contribution is 9.10. The predicted molar refractivity (Wildman–Crippen MR) is 94.5 cm³/mol. The van der Waals surface area contributed by atoms with Crippen LogP contribution in [0.15, 0.2) is 71.2 Å². The molecule has 0 heterocycles. The van der Waals surface area contributed by atoms with Crippen molar-refractivity contribution in [2.75, 3.05) is 0 Å². The Labute approximate surface area is 134 Å². The van der Waals surface area contributed by atoms with Crippen LogP contribution in [0.5, 0.6) is 0 Å². The molecule has 21 heavy (non-hydrogen) atoms. The Morgan fingerprint density at radius 1 is 0.619 bits per heavy atom. The summed E-state index contributed by atoms with van der Waals surface area (Å²) < 4.78 is 1.11. The molecule has 0 aliphatic carbocycles. The van der Waals surface area contributed by atoms with Crippen molar-refractivity contribution in [2.45, 2.75) is 13.8 Å². The van der Waals surface area contributed by atoms with E-state index < -0.39 is 0 Å². The Morgan fingerprint density at radius 3 is 1.48 bits per heavy atom. The normalized spacial score (nSPS) is 10.6. The van der Waals surface area contributed by atoms with E-state index in [0.717, 1.165) is 4.47 Å². The zero-order chi connectivity index (χ0) is 14.8. The van der Waals surface area contributed by atoms with Crippen LogP contribution in [0.4, 0.5) is 0 Å². The second-order valence-corrected chi connectivity index (χ2v) is 6.27. The Balaban J connectivity index is 2.18. The molecule has 0 N–H and O–H groups in total. The first kappa shape index (κ1) is 14.1. The highest BCUT2D eigenvalue weighted by Crippen LogP contribution is 2.33. The van der Waals surface area contributed by atoms with Gasteiger partial charge in [0.1, 0.15) is 0 Å². The number of halogens is 1. The largest absolute Gasteiger partial charge is 0.0620 e. The maximum absolute atomic E-state index is 3.66. The van der Waals surface area contributed by atoms with Gasteiger partial charge in [0.15, 0.2) is 0 Å². The SMILES string of the molecule is Cc1ccccc1-c1cc(Br)cc(-c2ccccc2C)c1. The molecule has 0 aromatic heterocycles. The van der Waals surface area contributed by atoms with Crippen LogP contribution in [0.25, 0.3) is 22.3 Å².